The smallest absolute Gasteiger partial charge is 0.280 e. The number of rotatable bonds is 2. The van der Waals surface area contributed by atoms with Crippen LogP contribution in [0.2, 0.25) is 0 Å². The number of nitrogens with two attached hydrogens (primary N) is 1. The average molecular weight is 307 g/mol. The lowest BCUT2D eigenvalue weighted by Gasteiger charge is -2.23. The van der Waals surface area contributed by atoms with E-state index in [4.69, 9.17) is 16.9 Å². The van der Waals surface area contributed by atoms with Crippen molar-refractivity contribution in [1.29, 1.82) is 0 Å². The number of terminal acetylenes is 1. The van der Waals surface area contributed by atoms with E-state index >= 15 is 0 Å². The second-order valence-electron chi connectivity index (χ2n) is 4.91. The second-order valence-corrected chi connectivity index (χ2v) is 4.91. The quantitative estimate of drug-likeness (QED) is 0.375. The Bertz CT molecular complexity index is 823. The van der Waals surface area contributed by atoms with E-state index in [0.717, 1.165) is 0 Å². The molecule has 0 bridgehead atoms. The first-order valence-corrected chi connectivity index (χ1v) is 6.28. The zero-order chi connectivity index (χ0) is 16.1. The third kappa shape index (κ3) is 1.81. The highest BCUT2D eigenvalue weighted by atomic mass is 16.6. The van der Waals surface area contributed by atoms with Gasteiger partial charge in [-0.25, -0.2) is 4.98 Å². The van der Waals surface area contributed by atoms with Crippen LogP contribution in [0.5, 0.6) is 0 Å². The summed E-state index contributed by atoms with van der Waals surface area (Å²) >= 11 is 0. The highest BCUT2D eigenvalue weighted by Gasteiger charge is 2.54. The number of anilines is 1. The van der Waals surface area contributed by atoms with Crippen molar-refractivity contribution in [2.45, 2.75) is 24.0 Å². The van der Waals surface area contributed by atoms with E-state index in [9.17, 15) is 20.1 Å². The highest BCUT2D eigenvalue weighted by Crippen LogP contribution is 2.37. The summed E-state index contributed by atoms with van der Waals surface area (Å²) in [5.74, 6) is 2.00. The van der Waals surface area contributed by atoms with Crippen LogP contribution < -0.4 is 11.3 Å². The predicted octanol–water partition coefficient (Wildman–Crippen LogP) is -2.68. The summed E-state index contributed by atoms with van der Waals surface area (Å²) in [4.78, 5) is 21.8. The normalized spacial score (nSPS) is 31.5. The summed E-state index contributed by atoms with van der Waals surface area (Å²) in [6.45, 7) is -0.693. The fourth-order valence-electron chi connectivity index (χ4n) is 2.43. The zero-order valence-electron chi connectivity index (χ0n) is 11.2. The van der Waals surface area contributed by atoms with Crippen LogP contribution in [-0.2, 0) is 4.74 Å². The largest absolute Gasteiger partial charge is 0.392 e. The number of aromatic nitrogens is 4. The average Bonchev–Trinajstić information content (AvgIpc) is 3.01. The number of H-pyrrole nitrogens is 1. The lowest BCUT2D eigenvalue weighted by atomic mass is 9.97. The van der Waals surface area contributed by atoms with Crippen molar-refractivity contribution in [2.24, 2.45) is 0 Å². The van der Waals surface area contributed by atoms with Crippen LogP contribution in [0.15, 0.2) is 11.1 Å². The van der Waals surface area contributed by atoms with Gasteiger partial charge in [0, 0.05) is 0 Å². The van der Waals surface area contributed by atoms with Crippen molar-refractivity contribution in [1.82, 2.24) is 19.5 Å². The minimum Gasteiger partial charge on any atom is -0.392 e. The molecule has 2 aromatic heterocycles. The number of hydrogen-bond acceptors (Lipinski definition) is 8. The number of ether oxygens (including phenoxy) is 1. The van der Waals surface area contributed by atoms with Crippen LogP contribution in [0.25, 0.3) is 11.2 Å². The van der Waals surface area contributed by atoms with E-state index in [1.807, 2.05) is 0 Å². The van der Waals surface area contributed by atoms with Crippen molar-refractivity contribution >= 4 is 17.1 Å². The molecule has 0 radical (unpaired) electrons. The first-order chi connectivity index (χ1) is 10.4. The maximum Gasteiger partial charge on any atom is 0.280 e. The number of aromatic amines is 1. The lowest BCUT2D eigenvalue weighted by Crippen LogP contribution is -2.44. The topological polar surface area (TPSA) is 160 Å². The molecule has 1 fully saturated rings. The molecule has 0 spiro atoms. The molecule has 4 atom stereocenters. The SMILES string of the molecule is C#C[C@]1(CO)O[C@@H](n2cnc3c(=O)[nH]c(N)nc32)C(O)[C@H]1O. The minimum absolute atomic E-state index is 0.0123. The molecule has 0 saturated carbocycles. The third-order valence-electron chi connectivity index (χ3n) is 3.63. The maximum absolute atomic E-state index is 11.7. The molecule has 10 nitrogen and oxygen atoms in total. The molecule has 10 heteroatoms. The van der Waals surface area contributed by atoms with Gasteiger partial charge < -0.3 is 25.8 Å². The fourth-order valence-corrected chi connectivity index (χ4v) is 2.43. The first kappa shape index (κ1) is 14.5. The molecule has 116 valence electrons. The van der Waals surface area contributed by atoms with Gasteiger partial charge in [0.1, 0.15) is 12.2 Å². The second kappa shape index (κ2) is 4.79. The van der Waals surface area contributed by atoms with Gasteiger partial charge in [-0.15, -0.1) is 6.42 Å². The highest BCUT2D eigenvalue weighted by molar-refractivity contribution is 5.70. The molecule has 1 aliphatic heterocycles. The van der Waals surface area contributed by atoms with Crippen LogP contribution in [0.3, 0.4) is 0 Å². The van der Waals surface area contributed by atoms with Crippen molar-refractivity contribution in [3.05, 3.63) is 16.7 Å². The first-order valence-electron chi connectivity index (χ1n) is 6.28. The molecule has 1 unspecified atom stereocenters. The van der Waals surface area contributed by atoms with Crippen LogP contribution in [0.1, 0.15) is 6.23 Å². The fraction of sp³-hybridized carbons (Fsp3) is 0.417. The Balaban J connectivity index is 2.13. The van der Waals surface area contributed by atoms with E-state index in [-0.39, 0.29) is 17.1 Å². The number of aliphatic hydroxyl groups excluding tert-OH is 3. The van der Waals surface area contributed by atoms with Gasteiger partial charge in [-0.1, -0.05) is 5.92 Å². The monoisotopic (exact) mass is 307 g/mol. The zero-order valence-corrected chi connectivity index (χ0v) is 11.2. The van der Waals surface area contributed by atoms with Crippen LogP contribution in [0, 0.1) is 12.3 Å². The molecule has 0 aliphatic carbocycles. The number of imidazole rings is 1. The van der Waals surface area contributed by atoms with Crippen LogP contribution >= 0.6 is 0 Å². The molecule has 22 heavy (non-hydrogen) atoms. The van der Waals surface area contributed by atoms with Crippen molar-refractivity contribution < 1.29 is 20.1 Å². The van der Waals surface area contributed by atoms with Crippen molar-refractivity contribution in [2.75, 3.05) is 12.3 Å². The number of hydrogen-bond donors (Lipinski definition) is 5. The Kier molecular flexibility index (Phi) is 3.15. The minimum atomic E-state index is -1.76. The Hall–Kier alpha value is -2.45. The van der Waals surface area contributed by atoms with E-state index < -0.39 is 36.2 Å². The molecular weight excluding hydrogens is 294 g/mol. The lowest BCUT2D eigenvalue weighted by molar-refractivity contribution is -0.0910. The van der Waals surface area contributed by atoms with Gasteiger partial charge in [-0.05, 0) is 0 Å². The standard InChI is InChI=1S/C12H13N5O5/c1-2-12(3-18)7(20)6(19)10(22-12)17-4-14-5-8(17)15-11(13)16-9(5)21/h1,4,6-7,10,18-20H,3H2,(H3,13,15,16,21)/t6?,7-,10-,12-/m1/s1. The van der Waals surface area contributed by atoms with Crippen molar-refractivity contribution in [3.63, 3.8) is 0 Å². The Morgan fingerprint density at radius 2 is 2.32 bits per heavy atom. The summed E-state index contributed by atoms with van der Waals surface area (Å²) in [7, 11) is 0. The summed E-state index contributed by atoms with van der Waals surface area (Å²) in [6, 6.07) is 0. The van der Waals surface area contributed by atoms with E-state index in [0.29, 0.717) is 0 Å². The van der Waals surface area contributed by atoms with Gasteiger partial charge in [-0.3, -0.25) is 14.3 Å². The van der Waals surface area contributed by atoms with Crippen LogP contribution in [0.4, 0.5) is 5.95 Å². The van der Waals surface area contributed by atoms with Crippen molar-refractivity contribution in [3.8, 4) is 12.3 Å². The molecule has 3 heterocycles. The molecule has 0 amide bonds. The van der Waals surface area contributed by atoms with Gasteiger partial charge in [0.25, 0.3) is 5.56 Å². The van der Waals surface area contributed by atoms with Gasteiger partial charge in [-0.2, -0.15) is 4.98 Å². The van der Waals surface area contributed by atoms with E-state index in [1.165, 1.54) is 10.9 Å². The number of aliphatic hydroxyl groups is 3. The number of nitrogens with one attached hydrogen (secondary N) is 1. The predicted molar refractivity (Wildman–Crippen MR) is 73.3 cm³/mol. The molecule has 3 rings (SSSR count). The molecule has 1 aliphatic rings. The van der Waals surface area contributed by atoms with Gasteiger partial charge >= 0.3 is 0 Å². The third-order valence-corrected chi connectivity index (χ3v) is 3.63. The van der Waals surface area contributed by atoms with Crippen LogP contribution in [-0.4, -0.2) is 59.3 Å². The molecule has 6 N–H and O–H groups in total. The molecule has 2 aromatic rings. The van der Waals surface area contributed by atoms with Gasteiger partial charge in [0.2, 0.25) is 5.95 Å². The molecule has 0 aromatic carbocycles. The molecular formula is C12H13N5O5. The van der Waals surface area contributed by atoms with Gasteiger partial charge in [0.05, 0.1) is 12.9 Å². The maximum atomic E-state index is 11.7. The number of nitrogens with zero attached hydrogens (tertiary/aromatic N) is 3. The summed E-state index contributed by atoms with van der Waals surface area (Å²) in [5, 5.41) is 29.6. The Morgan fingerprint density at radius 1 is 1.59 bits per heavy atom. The number of fused-ring (bicyclic) bond motifs is 1. The molecule has 1 saturated heterocycles. The van der Waals surface area contributed by atoms with Gasteiger partial charge in [0.15, 0.2) is 23.0 Å². The Morgan fingerprint density at radius 3 is 2.91 bits per heavy atom. The summed E-state index contributed by atoms with van der Waals surface area (Å²) in [5.41, 5.74) is 3.22. The summed E-state index contributed by atoms with van der Waals surface area (Å²) < 4.78 is 6.67. The Labute approximate surface area is 123 Å². The van der Waals surface area contributed by atoms with E-state index in [2.05, 4.69) is 20.9 Å². The van der Waals surface area contributed by atoms with E-state index in [1.54, 1.807) is 0 Å². The summed E-state index contributed by atoms with van der Waals surface area (Å²) in [6.07, 6.45) is 2.33. The number of nitrogen functional groups attached to an aromatic ring is 1.